The Morgan fingerprint density at radius 2 is 1.92 bits per heavy atom. The number of anilines is 1. The maximum Gasteiger partial charge on any atom is 0.228 e. The van der Waals surface area contributed by atoms with E-state index in [1.807, 2.05) is 18.2 Å². The number of aromatic nitrogens is 3. The molecule has 0 spiro atoms. The number of fused-ring (bicyclic) bond motifs is 1. The van der Waals surface area contributed by atoms with Crippen LogP contribution in [0.25, 0.3) is 22.0 Å². The van der Waals surface area contributed by atoms with Gasteiger partial charge in [-0.15, -0.1) is 0 Å². The summed E-state index contributed by atoms with van der Waals surface area (Å²) in [5.41, 5.74) is 3.88. The lowest BCUT2D eigenvalue weighted by Crippen LogP contribution is -2.38. The molecule has 7 heteroatoms. The summed E-state index contributed by atoms with van der Waals surface area (Å²) >= 11 is 0. The molecule has 7 nitrogen and oxygen atoms in total. The fraction of sp³-hybridized carbons (Fsp3) is 0.387. The standard InChI is InChI=1S/C31H35N5O2/c1-20-12-13-24-21(18-22-7-3-11-28(22)37)6-2-9-25(24)29(20)38-30-26(10-5-16-33-30)27-14-17-34-31(36-27)35-23-8-4-15-32-19-23/h2,5-6,9-10,12-14,16-17,22-23,28,32,37H,3-4,7-8,11,15,18-19H2,1H3,(H,34,35,36)/t22-,23-,28+/m0/s1. The van der Waals surface area contributed by atoms with Crippen LogP contribution in [0.15, 0.2) is 60.9 Å². The number of piperidine rings is 1. The predicted molar refractivity (Wildman–Crippen MR) is 151 cm³/mol. The van der Waals surface area contributed by atoms with Crippen LogP contribution >= 0.6 is 0 Å². The summed E-state index contributed by atoms with van der Waals surface area (Å²) in [5, 5.41) is 19.5. The van der Waals surface area contributed by atoms with E-state index in [2.05, 4.69) is 57.9 Å². The summed E-state index contributed by atoms with van der Waals surface area (Å²) in [6.45, 7) is 4.04. The van der Waals surface area contributed by atoms with Crippen molar-refractivity contribution in [3.8, 4) is 22.9 Å². The number of nitrogens with one attached hydrogen (secondary N) is 2. The fourth-order valence-corrected chi connectivity index (χ4v) is 5.86. The Bertz CT molecular complexity index is 1420. The lowest BCUT2D eigenvalue weighted by Gasteiger charge is -2.23. The number of hydrogen-bond donors (Lipinski definition) is 3. The summed E-state index contributed by atoms with van der Waals surface area (Å²) in [6, 6.07) is 16.8. The van der Waals surface area contributed by atoms with Crippen LogP contribution in [0.3, 0.4) is 0 Å². The van der Waals surface area contributed by atoms with Crippen molar-refractivity contribution < 1.29 is 9.84 Å². The molecule has 3 N–H and O–H groups in total. The molecule has 1 saturated carbocycles. The third-order valence-electron chi connectivity index (χ3n) is 7.93. The van der Waals surface area contributed by atoms with Crippen molar-refractivity contribution in [2.45, 2.75) is 57.6 Å². The summed E-state index contributed by atoms with van der Waals surface area (Å²) in [6.07, 6.45) is 9.54. The van der Waals surface area contributed by atoms with Gasteiger partial charge in [0.15, 0.2) is 0 Å². The van der Waals surface area contributed by atoms with Crippen LogP contribution in [-0.2, 0) is 6.42 Å². The van der Waals surface area contributed by atoms with Crippen molar-refractivity contribution in [3.63, 3.8) is 0 Å². The molecule has 2 aromatic carbocycles. The van der Waals surface area contributed by atoms with Gasteiger partial charge >= 0.3 is 0 Å². The SMILES string of the molecule is Cc1ccc2c(C[C@@H]3CCC[C@H]3O)cccc2c1Oc1ncccc1-c1ccnc(N[C@H]2CCCNC2)n1. The molecule has 0 amide bonds. The molecule has 38 heavy (non-hydrogen) atoms. The van der Waals surface area contributed by atoms with Gasteiger partial charge < -0.3 is 20.5 Å². The molecule has 4 aromatic rings. The Kier molecular flexibility index (Phi) is 7.20. The van der Waals surface area contributed by atoms with Gasteiger partial charge in [-0.3, -0.25) is 0 Å². The summed E-state index contributed by atoms with van der Waals surface area (Å²) < 4.78 is 6.59. The molecule has 2 fully saturated rings. The molecular weight excluding hydrogens is 474 g/mol. The zero-order valence-corrected chi connectivity index (χ0v) is 21.9. The van der Waals surface area contributed by atoms with E-state index in [1.54, 1.807) is 12.4 Å². The number of hydrogen-bond acceptors (Lipinski definition) is 7. The van der Waals surface area contributed by atoms with Gasteiger partial charge in [0, 0.05) is 30.4 Å². The minimum Gasteiger partial charge on any atom is -0.437 e. The molecule has 2 aromatic heterocycles. The first-order chi connectivity index (χ1) is 18.7. The number of ether oxygens (including phenoxy) is 1. The topological polar surface area (TPSA) is 92.2 Å². The smallest absolute Gasteiger partial charge is 0.228 e. The first-order valence-corrected chi connectivity index (χ1v) is 13.8. The summed E-state index contributed by atoms with van der Waals surface area (Å²) in [7, 11) is 0. The molecule has 6 rings (SSSR count). The minimum absolute atomic E-state index is 0.205. The van der Waals surface area contributed by atoms with Crippen LogP contribution in [0.5, 0.6) is 11.6 Å². The van der Waals surface area contributed by atoms with Crippen molar-refractivity contribution >= 4 is 16.7 Å². The van der Waals surface area contributed by atoms with E-state index >= 15 is 0 Å². The number of aliphatic hydroxyl groups is 1. The number of aliphatic hydroxyl groups excluding tert-OH is 1. The zero-order valence-electron chi connectivity index (χ0n) is 21.9. The fourth-order valence-electron chi connectivity index (χ4n) is 5.86. The van der Waals surface area contributed by atoms with Crippen LogP contribution in [0.4, 0.5) is 5.95 Å². The minimum atomic E-state index is -0.205. The molecule has 3 atom stereocenters. The number of nitrogens with zero attached hydrogens (tertiary/aromatic N) is 3. The predicted octanol–water partition coefficient (Wildman–Crippen LogP) is 5.66. The molecule has 3 heterocycles. The van der Waals surface area contributed by atoms with Crippen LogP contribution < -0.4 is 15.4 Å². The average molecular weight is 510 g/mol. The highest BCUT2D eigenvalue weighted by atomic mass is 16.5. The molecule has 1 aliphatic carbocycles. The largest absolute Gasteiger partial charge is 0.437 e. The van der Waals surface area contributed by atoms with E-state index in [1.165, 1.54) is 10.9 Å². The van der Waals surface area contributed by atoms with E-state index in [9.17, 15) is 5.11 Å². The van der Waals surface area contributed by atoms with Crippen LogP contribution in [0.2, 0.25) is 0 Å². The molecule has 196 valence electrons. The monoisotopic (exact) mass is 509 g/mol. The molecule has 0 unspecified atom stereocenters. The van der Waals surface area contributed by atoms with E-state index in [0.717, 1.165) is 79.6 Å². The van der Waals surface area contributed by atoms with E-state index in [0.29, 0.717) is 23.8 Å². The zero-order chi connectivity index (χ0) is 25.9. The van der Waals surface area contributed by atoms with E-state index in [4.69, 9.17) is 9.72 Å². The van der Waals surface area contributed by atoms with Gasteiger partial charge in [-0.1, -0.05) is 36.8 Å². The summed E-state index contributed by atoms with van der Waals surface area (Å²) in [5.74, 6) is 2.25. The van der Waals surface area contributed by atoms with Crippen LogP contribution in [-0.4, -0.2) is 45.3 Å². The molecule has 1 saturated heterocycles. The van der Waals surface area contributed by atoms with Crippen molar-refractivity contribution in [1.82, 2.24) is 20.3 Å². The number of benzene rings is 2. The second-order valence-electron chi connectivity index (χ2n) is 10.6. The first-order valence-electron chi connectivity index (χ1n) is 13.8. The Labute approximate surface area is 223 Å². The highest BCUT2D eigenvalue weighted by Crippen LogP contribution is 2.39. The lowest BCUT2D eigenvalue weighted by atomic mass is 9.92. The van der Waals surface area contributed by atoms with Gasteiger partial charge in [-0.25, -0.2) is 15.0 Å². The second kappa shape index (κ2) is 11.1. The third-order valence-corrected chi connectivity index (χ3v) is 7.93. The first kappa shape index (κ1) is 24.8. The molecule has 2 aliphatic rings. The Balaban J connectivity index is 1.32. The summed E-state index contributed by atoms with van der Waals surface area (Å²) in [4.78, 5) is 13.9. The lowest BCUT2D eigenvalue weighted by molar-refractivity contribution is 0.133. The van der Waals surface area contributed by atoms with Gasteiger partial charge in [0.05, 0.1) is 17.4 Å². The Morgan fingerprint density at radius 3 is 2.76 bits per heavy atom. The number of pyridine rings is 1. The van der Waals surface area contributed by atoms with Crippen molar-refractivity contribution in [1.29, 1.82) is 0 Å². The third kappa shape index (κ3) is 5.22. The maximum atomic E-state index is 10.4. The van der Waals surface area contributed by atoms with Crippen molar-refractivity contribution in [2.24, 2.45) is 5.92 Å². The second-order valence-corrected chi connectivity index (χ2v) is 10.6. The van der Waals surface area contributed by atoms with Gasteiger partial charge in [0.2, 0.25) is 11.8 Å². The van der Waals surface area contributed by atoms with Crippen LogP contribution in [0, 0.1) is 12.8 Å². The molecule has 0 radical (unpaired) electrons. The van der Waals surface area contributed by atoms with Gasteiger partial charge in [0.25, 0.3) is 0 Å². The quantitative estimate of drug-likeness (QED) is 0.296. The van der Waals surface area contributed by atoms with Crippen LogP contribution in [0.1, 0.15) is 43.2 Å². The van der Waals surface area contributed by atoms with Gasteiger partial charge in [-0.2, -0.15) is 0 Å². The van der Waals surface area contributed by atoms with Gasteiger partial charge in [0.1, 0.15) is 5.75 Å². The Hall–Kier alpha value is -3.55. The normalized spacial score (nSPS) is 21.5. The highest BCUT2D eigenvalue weighted by molar-refractivity contribution is 5.92. The highest BCUT2D eigenvalue weighted by Gasteiger charge is 2.26. The molecular formula is C31H35N5O2. The van der Waals surface area contributed by atoms with E-state index < -0.39 is 0 Å². The number of rotatable bonds is 7. The molecule has 1 aliphatic heterocycles. The molecule has 0 bridgehead atoms. The van der Waals surface area contributed by atoms with Crippen molar-refractivity contribution in [3.05, 3.63) is 72.1 Å². The van der Waals surface area contributed by atoms with E-state index in [-0.39, 0.29) is 6.10 Å². The number of aryl methyl sites for hydroxylation is 1. The average Bonchev–Trinajstić information content (AvgIpc) is 3.35. The van der Waals surface area contributed by atoms with Crippen molar-refractivity contribution in [2.75, 3.05) is 18.4 Å². The van der Waals surface area contributed by atoms with Gasteiger partial charge in [-0.05, 0) is 86.2 Å². The Morgan fingerprint density at radius 1 is 0.974 bits per heavy atom. The maximum absolute atomic E-state index is 10.4.